The Kier molecular flexibility index (Phi) is 6.95. The van der Waals surface area contributed by atoms with Crippen LogP contribution in [-0.4, -0.2) is 27.5 Å². The van der Waals surface area contributed by atoms with Crippen LogP contribution >= 0.6 is 11.6 Å². The van der Waals surface area contributed by atoms with Crippen LogP contribution in [0.3, 0.4) is 0 Å². The van der Waals surface area contributed by atoms with Crippen LogP contribution in [0.25, 0.3) is 11.3 Å². The van der Waals surface area contributed by atoms with Gasteiger partial charge < -0.3 is 9.47 Å². The maximum absolute atomic E-state index is 12.7. The van der Waals surface area contributed by atoms with Crippen molar-refractivity contribution in [3.05, 3.63) is 70.9 Å². The number of nitrogens with zero attached hydrogens (tertiary/aromatic N) is 2. The molecule has 0 spiro atoms. The quantitative estimate of drug-likeness (QED) is 0.406. The number of hydrogen-bond donors (Lipinski definition) is 0. The van der Waals surface area contributed by atoms with Crippen molar-refractivity contribution in [1.82, 2.24) is 9.78 Å². The van der Waals surface area contributed by atoms with Crippen molar-refractivity contribution < 1.29 is 27.4 Å². The van der Waals surface area contributed by atoms with Crippen LogP contribution in [-0.2, 0) is 22.7 Å². The van der Waals surface area contributed by atoms with Gasteiger partial charge in [-0.05, 0) is 50.6 Å². The number of halogens is 4. The highest BCUT2D eigenvalue weighted by Gasteiger charge is 2.31. The molecule has 0 fully saturated rings. The minimum Gasteiger partial charge on any atom is -0.406 e. The zero-order valence-electron chi connectivity index (χ0n) is 17.7. The van der Waals surface area contributed by atoms with E-state index in [4.69, 9.17) is 16.3 Å². The Labute approximate surface area is 188 Å². The second kappa shape index (κ2) is 9.34. The predicted octanol–water partition coefficient (Wildman–Crippen LogP) is 6.03. The second-order valence-electron chi connectivity index (χ2n) is 7.70. The number of benzene rings is 2. The van der Waals surface area contributed by atoms with Gasteiger partial charge in [-0.25, -0.2) is 0 Å². The molecule has 0 bridgehead atoms. The average Bonchev–Trinajstić information content (AvgIpc) is 3.10. The van der Waals surface area contributed by atoms with E-state index in [1.165, 1.54) is 25.1 Å². The molecular weight excluding hydrogens is 445 g/mol. The van der Waals surface area contributed by atoms with Gasteiger partial charge in [-0.2, -0.15) is 5.10 Å². The van der Waals surface area contributed by atoms with Crippen LogP contribution in [0.2, 0.25) is 5.02 Å². The van der Waals surface area contributed by atoms with Gasteiger partial charge in [0, 0.05) is 10.6 Å². The van der Waals surface area contributed by atoms with Crippen molar-refractivity contribution in [1.29, 1.82) is 0 Å². The first-order valence-corrected chi connectivity index (χ1v) is 10.1. The second-order valence-corrected chi connectivity index (χ2v) is 8.11. The smallest absolute Gasteiger partial charge is 0.406 e. The lowest BCUT2D eigenvalue weighted by Crippen LogP contribution is -2.32. The Bertz CT molecular complexity index is 1110. The molecule has 2 aromatic carbocycles. The highest BCUT2D eigenvalue weighted by Crippen LogP contribution is 2.30. The maximum atomic E-state index is 12.7. The fourth-order valence-corrected chi connectivity index (χ4v) is 3.09. The number of rotatable bonds is 8. The molecule has 9 heteroatoms. The van der Waals surface area contributed by atoms with E-state index >= 15 is 0 Å². The molecule has 0 radical (unpaired) electrons. The summed E-state index contributed by atoms with van der Waals surface area (Å²) in [5, 5.41) is 5.09. The van der Waals surface area contributed by atoms with Crippen molar-refractivity contribution >= 4 is 17.4 Å². The zero-order valence-corrected chi connectivity index (χ0v) is 18.5. The summed E-state index contributed by atoms with van der Waals surface area (Å²) in [5.41, 5.74) is 1.34. The number of ether oxygens (including phenoxy) is 2. The van der Waals surface area contributed by atoms with E-state index in [0.29, 0.717) is 22.0 Å². The molecule has 5 nitrogen and oxygen atoms in total. The molecule has 3 rings (SSSR count). The lowest BCUT2D eigenvalue weighted by atomic mass is 10.1. The molecule has 0 saturated carbocycles. The van der Waals surface area contributed by atoms with E-state index in [1.807, 2.05) is 12.1 Å². The fourth-order valence-electron chi connectivity index (χ4n) is 2.89. The number of ketones is 1. The Balaban J connectivity index is 1.97. The molecule has 0 amide bonds. The lowest BCUT2D eigenvalue weighted by molar-refractivity contribution is -0.274. The number of aromatic nitrogens is 2. The van der Waals surface area contributed by atoms with Crippen LogP contribution in [0, 0.1) is 0 Å². The van der Waals surface area contributed by atoms with E-state index in [0.717, 1.165) is 5.56 Å². The molecule has 0 atom stereocenters. The summed E-state index contributed by atoms with van der Waals surface area (Å²) in [7, 11) is 0. The van der Waals surface area contributed by atoms with Crippen molar-refractivity contribution in [2.45, 2.75) is 45.9 Å². The number of carbonyl (C=O) groups is 1. The summed E-state index contributed by atoms with van der Waals surface area (Å²) in [6.45, 7) is 5.10. The molecule has 32 heavy (non-hydrogen) atoms. The summed E-state index contributed by atoms with van der Waals surface area (Å²) >= 11 is 6.28. The highest BCUT2D eigenvalue weighted by molar-refractivity contribution is 6.31. The Morgan fingerprint density at radius 1 is 1.09 bits per heavy atom. The van der Waals surface area contributed by atoms with Gasteiger partial charge in [0.1, 0.15) is 11.4 Å². The van der Waals surface area contributed by atoms with E-state index < -0.39 is 12.0 Å². The molecule has 170 valence electrons. The SMILES string of the molecule is CC(=O)C(C)(C)OCc1cc(-c2cccc(OC(F)(F)F)c2)n(Cc2ccccc2Cl)n1. The van der Waals surface area contributed by atoms with Gasteiger partial charge in [0.2, 0.25) is 0 Å². The summed E-state index contributed by atoms with van der Waals surface area (Å²) in [4.78, 5) is 11.7. The van der Waals surface area contributed by atoms with Crippen LogP contribution in [0.4, 0.5) is 13.2 Å². The van der Waals surface area contributed by atoms with Gasteiger partial charge in [0.05, 0.1) is 24.5 Å². The number of carbonyl (C=O) groups excluding carboxylic acids is 1. The maximum Gasteiger partial charge on any atom is 0.573 e. The number of Topliss-reactive ketones (excluding diaryl/α,β-unsaturated/α-hetero) is 1. The van der Waals surface area contributed by atoms with Gasteiger partial charge in [-0.15, -0.1) is 13.2 Å². The minimum atomic E-state index is -4.80. The molecule has 0 saturated heterocycles. The average molecular weight is 467 g/mol. The van der Waals surface area contributed by atoms with E-state index in [9.17, 15) is 18.0 Å². The Hall–Kier alpha value is -2.84. The molecule has 1 aromatic heterocycles. The molecular formula is C23H22ClF3N2O3. The molecule has 0 aliphatic heterocycles. The first-order valence-electron chi connectivity index (χ1n) is 9.76. The number of hydrogen-bond acceptors (Lipinski definition) is 4. The third kappa shape index (κ3) is 6.11. The van der Waals surface area contributed by atoms with Crippen LogP contribution < -0.4 is 4.74 Å². The van der Waals surface area contributed by atoms with Gasteiger partial charge in [-0.1, -0.05) is 41.9 Å². The highest BCUT2D eigenvalue weighted by atomic mass is 35.5. The van der Waals surface area contributed by atoms with Gasteiger partial charge >= 0.3 is 6.36 Å². The first kappa shape index (κ1) is 23.8. The van der Waals surface area contributed by atoms with E-state index in [2.05, 4.69) is 9.84 Å². The van der Waals surface area contributed by atoms with Crippen LogP contribution in [0.5, 0.6) is 5.75 Å². The first-order chi connectivity index (χ1) is 14.9. The zero-order chi connectivity index (χ0) is 23.5. The monoisotopic (exact) mass is 466 g/mol. The summed E-state index contributed by atoms with van der Waals surface area (Å²) in [5.74, 6) is -0.471. The predicted molar refractivity (Wildman–Crippen MR) is 114 cm³/mol. The molecule has 0 unspecified atom stereocenters. The lowest BCUT2D eigenvalue weighted by Gasteiger charge is -2.21. The molecule has 1 heterocycles. The minimum absolute atomic E-state index is 0.0494. The van der Waals surface area contributed by atoms with Gasteiger partial charge in [0.25, 0.3) is 0 Å². The third-order valence-electron chi connectivity index (χ3n) is 4.90. The van der Waals surface area contributed by atoms with Crippen molar-refractivity contribution in [2.24, 2.45) is 0 Å². The normalized spacial score (nSPS) is 12.1. The fraction of sp³-hybridized carbons (Fsp3) is 0.304. The Morgan fingerprint density at radius 3 is 2.47 bits per heavy atom. The van der Waals surface area contributed by atoms with Crippen LogP contribution in [0.1, 0.15) is 32.0 Å². The summed E-state index contributed by atoms with van der Waals surface area (Å²) < 4.78 is 49.4. The van der Waals surface area contributed by atoms with Gasteiger partial charge in [-0.3, -0.25) is 9.48 Å². The molecule has 3 aromatic rings. The van der Waals surface area contributed by atoms with Crippen molar-refractivity contribution in [3.8, 4) is 17.0 Å². The number of alkyl halides is 3. The molecule has 0 N–H and O–H groups in total. The topological polar surface area (TPSA) is 53.4 Å². The van der Waals surface area contributed by atoms with Gasteiger partial charge in [0.15, 0.2) is 5.78 Å². The van der Waals surface area contributed by atoms with E-state index in [-0.39, 0.29) is 24.7 Å². The van der Waals surface area contributed by atoms with Crippen molar-refractivity contribution in [2.75, 3.05) is 0 Å². The molecule has 0 aliphatic carbocycles. The standard InChI is InChI=1S/C23H22ClF3N2O3/c1-15(30)22(2,3)31-14-18-12-21(16-8-6-9-19(11-16)32-23(25,26)27)29(28-18)13-17-7-4-5-10-20(17)24/h4-12H,13-14H2,1-3H3. The Morgan fingerprint density at radius 2 is 1.81 bits per heavy atom. The van der Waals surface area contributed by atoms with Crippen LogP contribution in [0.15, 0.2) is 54.6 Å². The van der Waals surface area contributed by atoms with Crippen molar-refractivity contribution in [3.63, 3.8) is 0 Å². The summed E-state index contributed by atoms with van der Waals surface area (Å²) in [6.07, 6.45) is -4.80. The molecule has 0 aliphatic rings. The largest absolute Gasteiger partial charge is 0.573 e. The van der Waals surface area contributed by atoms with E-state index in [1.54, 1.807) is 42.8 Å². The third-order valence-corrected chi connectivity index (χ3v) is 5.27. The summed E-state index contributed by atoms with van der Waals surface area (Å²) in [6, 6.07) is 14.6.